The maximum Gasteiger partial charge on any atom is 0.217 e. The van der Waals surface area contributed by atoms with Gasteiger partial charge in [0, 0.05) is 32.4 Å². The lowest BCUT2D eigenvalue weighted by molar-refractivity contribution is 0.368. The van der Waals surface area contributed by atoms with Crippen molar-refractivity contribution in [1.82, 2.24) is 14.6 Å². The molecule has 0 atom stereocenters. The second kappa shape index (κ2) is 6.29. The molecule has 116 valence electrons. The number of anilines is 1. The lowest BCUT2D eigenvalue weighted by atomic mass is 10.2. The molecule has 0 unspecified atom stereocenters. The van der Waals surface area contributed by atoms with Crippen LogP contribution >= 0.6 is 0 Å². The molecule has 0 aliphatic carbocycles. The predicted molar refractivity (Wildman–Crippen MR) is 82.8 cm³/mol. The molecule has 21 heavy (non-hydrogen) atoms. The lowest BCUT2D eigenvalue weighted by Crippen LogP contribution is -2.52. The van der Waals surface area contributed by atoms with E-state index in [0.717, 1.165) is 31.7 Å². The number of hydrogen-bond donors (Lipinski definition) is 1. The summed E-state index contributed by atoms with van der Waals surface area (Å²) in [7, 11) is -3.14. The summed E-state index contributed by atoms with van der Waals surface area (Å²) in [6.45, 7) is 4.14. The van der Waals surface area contributed by atoms with Crippen LogP contribution in [0.25, 0.3) is 0 Å². The van der Waals surface area contributed by atoms with Crippen LogP contribution < -0.4 is 10.2 Å². The molecule has 3 rings (SSSR count). The fraction of sp³-hybridized carbons (Fsp3) is 0.643. The molecule has 3 heterocycles. The Morgan fingerprint density at radius 1 is 1.10 bits per heavy atom. The number of pyridine rings is 1. The van der Waals surface area contributed by atoms with Gasteiger partial charge < -0.3 is 10.2 Å². The topological polar surface area (TPSA) is 65.5 Å². The van der Waals surface area contributed by atoms with Crippen molar-refractivity contribution in [3.63, 3.8) is 0 Å². The van der Waals surface area contributed by atoms with Gasteiger partial charge in [-0.15, -0.1) is 0 Å². The monoisotopic (exact) mass is 310 g/mol. The van der Waals surface area contributed by atoms with E-state index in [1.54, 1.807) is 10.5 Å². The van der Waals surface area contributed by atoms with E-state index in [1.807, 2.05) is 18.2 Å². The van der Waals surface area contributed by atoms with Crippen LogP contribution in [0.1, 0.15) is 12.8 Å². The van der Waals surface area contributed by atoms with Gasteiger partial charge in [0.25, 0.3) is 0 Å². The van der Waals surface area contributed by atoms with Crippen LogP contribution in [0.3, 0.4) is 0 Å². The molecule has 2 fully saturated rings. The maximum atomic E-state index is 12.6. The fourth-order valence-electron chi connectivity index (χ4n) is 3.02. The molecular formula is C14H22N4O2S. The molecular weight excluding hydrogens is 288 g/mol. The molecule has 0 amide bonds. The van der Waals surface area contributed by atoms with Crippen molar-refractivity contribution >= 4 is 15.8 Å². The zero-order chi connectivity index (χ0) is 14.7. The van der Waals surface area contributed by atoms with Gasteiger partial charge in [-0.2, -0.15) is 4.31 Å². The normalized spacial score (nSPS) is 22.4. The van der Waals surface area contributed by atoms with E-state index in [9.17, 15) is 8.42 Å². The molecule has 2 aliphatic heterocycles. The van der Waals surface area contributed by atoms with Crippen molar-refractivity contribution in [2.24, 2.45) is 0 Å². The zero-order valence-electron chi connectivity index (χ0n) is 12.1. The van der Waals surface area contributed by atoms with E-state index in [0.29, 0.717) is 26.2 Å². The molecule has 0 spiro atoms. The van der Waals surface area contributed by atoms with Gasteiger partial charge in [0.05, 0.1) is 5.25 Å². The van der Waals surface area contributed by atoms with Crippen LogP contribution in [0.2, 0.25) is 0 Å². The summed E-state index contributed by atoms with van der Waals surface area (Å²) in [6.07, 6.45) is 3.22. The maximum absolute atomic E-state index is 12.6. The van der Waals surface area contributed by atoms with Gasteiger partial charge in [-0.05, 0) is 38.1 Å². The number of aromatic nitrogens is 1. The molecule has 0 saturated carbocycles. The van der Waals surface area contributed by atoms with E-state index in [2.05, 4.69) is 15.2 Å². The first kappa shape index (κ1) is 14.7. The first-order valence-corrected chi connectivity index (χ1v) is 9.04. The summed E-state index contributed by atoms with van der Waals surface area (Å²) < 4.78 is 27.0. The predicted octanol–water partition coefficient (Wildman–Crippen LogP) is 0.285. The highest BCUT2D eigenvalue weighted by atomic mass is 32.2. The Morgan fingerprint density at radius 3 is 2.43 bits per heavy atom. The van der Waals surface area contributed by atoms with Crippen molar-refractivity contribution in [1.29, 1.82) is 0 Å². The Labute approximate surface area is 126 Å². The first-order valence-electron chi connectivity index (χ1n) is 7.53. The van der Waals surface area contributed by atoms with Crippen molar-refractivity contribution < 1.29 is 8.42 Å². The fourth-order valence-corrected chi connectivity index (χ4v) is 4.94. The highest BCUT2D eigenvalue weighted by molar-refractivity contribution is 7.89. The SMILES string of the molecule is O=S(=O)(C1CCNCC1)N1CCN(c2ccccn2)CC1. The van der Waals surface area contributed by atoms with Crippen LogP contribution in [0, 0.1) is 0 Å². The van der Waals surface area contributed by atoms with Crippen LogP contribution in [-0.4, -0.2) is 62.2 Å². The average molecular weight is 310 g/mol. The van der Waals surface area contributed by atoms with Crippen LogP contribution in [-0.2, 0) is 10.0 Å². The van der Waals surface area contributed by atoms with Gasteiger partial charge in [-0.25, -0.2) is 13.4 Å². The molecule has 6 nitrogen and oxygen atoms in total. The van der Waals surface area contributed by atoms with Crippen LogP contribution in [0.4, 0.5) is 5.82 Å². The van der Waals surface area contributed by atoms with Crippen molar-refractivity contribution in [3.8, 4) is 0 Å². The van der Waals surface area contributed by atoms with Gasteiger partial charge in [0.1, 0.15) is 5.82 Å². The summed E-state index contributed by atoms with van der Waals surface area (Å²) in [5, 5.41) is 3.01. The summed E-state index contributed by atoms with van der Waals surface area (Å²) in [4.78, 5) is 6.48. The highest BCUT2D eigenvalue weighted by Gasteiger charge is 2.34. The minimum absolute atomic E-state index is 0.208. The summed E-state index contributed by atoms with van der Waals surface area (Å²) in [5.74, 6) is 0.927. The number of rotatable bonds is 3. The number of sulfonamides is 1. The third kappa shape index (κ3) is 3.20. The Kier molecular flexibility index (Phi) is 4.42. The Hall–Kier alpha value is -1.18. The number of nitrogens with one attached hydrogen (secondary N) is 1. The zero-order valence-corrected chi connectivity index (χ0v) is 12.9. The molecule has 2 saturated heterocycles. The summed E-state index contributed by atoms with van der Waals surface area (Å²) in [5.41, 5.74) is 0. The van der Waals surface area contributed by atoms with E-state index in [4.69, 9.17) is 0 Å². The van der Waals surface area contributed by atoms with Gasteiger partial charge in [0.15, 0.2) is 0 Å². The van der Waals surface area contributed by atoms with Gasteiger partial charge in [-0.1, -0.05) is 6.07 Å². The Morgan fingerprint density at radius 2 is 1.81 bits per heavy atom. The standard InChI is InChI=1S/C14H22N4O2S/c19-21(20,13-4-7-15-8-5-13)18-11-9-17(10-12-18)14-3-1-2-6-16-14/h1-3,6,13,15H,4-5,7-12H2. The van der Waals surface area contributed by atoms with Crippen LogP contribution in [0.15, 0.2) is 24.4 Å². The van der Waals surface area contributed by atoms with Gasteiger partial charge in [-0.3, -0.25) is 0 Å². The third-order valence-corrected chi connectivity index (χ3v) is 6.68. The molecule has 0 radical (unpaired) electrons. The number of piperazine rings is 1. The molecule has 0 bridgehead atoms. The second-order valence-electron chi connectivity index (χ2n) is 5.57. The molecule has 2 aliphatic rings. The number of nitrogens with zero attached hydrogens (tertiary/aromatic N) is 3. The van der Waals surface area contributed by atoms with E-state index >= 15 is 0 Å². The highest BCUT2D eigenvalue weighted by Crippen LogP contribution is 2.21. The molecule has 1 N–H and O–H groups in total. The molecule has 0 aromatic carbocycles. The number of hydrogen-bond acceptors (Lipinski definition) is 5. The number of piperidine rings is 1. The average Bonchev–Trinajstić information content (AvgIpc) is 2.57. The lowest BCUT2D eigenvalue weighted by Gasteiger charge is -2.37. The Bertz CT molecular complexity index is 550. The minimum Gasteiger partial charge on any atom is -0.354 e. The Balaban J connectivity index is 1.62. The third-order valence-electron chi connectivity index (χ3n) is 4.28. The van der Waals surface area contributed by atoms with E-state index in [1.165, 1.54) is 0 Å². The largest absolute Gasteiger partial charge is 0.354 e. The first-order chi connectivity index (χ1) is 10.2. The van der Waals surface area contributed by atoms with E-state index in [-0.39, 0.29) is 5.25 Å². The van der Waals surface area contributed by atoms with Crippen molar-refractivity contribution in [3.05, 3.63) is 24.4 Å². The minimum atomic E-state index is -3.14. The molecule has 7 heteroatoms. The smallest absolute Gasteiger partial charge is 0.217 e. The second-order valence-corrected chi connectivity index (χ2v) is 7.78. The summed E-state index contributed by atoms with van der Waals surface area (Å²) >= 11 is 0. The molecule has 1 aromatic heterocycles. The quantitative estimate of drug-likeness (QED) is 0.869. The van der Waals surface area contributed by atoms with Gasteiger partial charge in [0.2, 0.25) is 10.0 Å². The summed E-state index contributed by atoms with van der Waals surface area (Å²) in [6, 6.07) is 5.82. The molecule has 1 aromatic rings. The van der Waals surface area contributed by atoms with Crippen molar-refractivity contribution in [2.45, 2.75) is 18.1 Å². The van der Waals surface area contributed by atoms with Crippen molar-refractivity contribution in [2.75, 3.05) is 44.2 Å². The van der Waals surface area contributed by atoms with Crippen LogP contribution in [0.5, 0.6) is 0 Å². The van der Waals surface area contributed by atoms with Gasteiger partial charge >= 0.3 is 0 Å². The van der Waals surface area contributed by atoms with E-state index < -0.39 is 10.0 Å².